The van der Waals surface area contributed by atoms with Gasteiger partial charge in [0.25, 0.3) is 0 Å². The Kier molecular flexibility index (Phi) is 3.97. The molecule has 100 valence electrons. The van der Waals surface area contributed by atoms with Crippen LogP contribution in [0.5, 0.6) is 11.5 Å². The highest BCUT2D eigenvalue weighted by Gasteiger charge is 2.03. The van der Waals surface area contributed by atoms with Crippen molar-refractivity contribution in [3.05, 3.63) is 30.1 Å². The van der Waals surface area contributed by atoms with E-state index in [1.165, 1.54) is 0 Å². The molecule has 1 aromatic carbocycles. The zero-order valence-corrected chi connectivity index (χ0v) is 10.5. The summed E-state index contributed by atoms with van der Waals surface area (Å²) in [5, 5.41) is 0. The third kappa shape index (κ3) is 3.70. The van der Waals surface area contributed by atoms with Gasteiger partial charge in [-0.05, 0) is 31.2 Å². The van der Waals surface area contributed by atoms with Crippen molar-refractivity contribution in [3.8, 4) is 11.5 Å². The Balaban J connectivity index is 1.98. The van der Waals surface area contributed by atoms with Crippen molar-refractivity contribution in [1.29, 1.82) is 0 Å². The molecule has 19 heavy (non-hydrogen) atoms. The van der Waals surface area contributed by atoms with Gasteiger partial charge in [0.2, 0.25) is 11.9 Å². The van der Waals surface area contributed by atoms with Crippen LogP contribution >= 0.6 is 0 Å². The number of anilines is 2. The summed E-state index contributed by atoms with van der Waals surface area (Å²) < 4.78 is 10.8. The van der Waals surface area contributed by atoms with Gasteiger partial charge in [-0.1, -0.05) is 0 Å². The highest BCUT2D eigenvalue weighted by Crippen LogP contribution is 2.18. The van der Waals surface area contributed by atoms with Gasteiger partial charge < -0.3 is 20.9 Å². The summed E-state index contributed by atoms with van der Waals surface area (Å²) in [6, 6.07) is 7.27. The fourth-order valence-electron chi connectivity index (χ4n) is 1.47. The van der Waals surface area contributed by atoms with E-state index in [1.807, 2.05) is 19.1 Å². The molecular weight excluding hydrogens is 246 g/mol. The Morgan fingerprint density at radius 1 is 0.895 bits per heavy atom. The second-order valence-electron chi connectivity index (χ2n) is 3.66. The van der Waals surface area contributed by atoms with Gasteiger partial charge >= 0.3 is 0 Å². The van der Waals surface area contributed by atoms with Crippen LogP contribution in [0.3, 0.4) is 0 Å². The molecule has 0 unspecified atom stereocenters. The van der Waals surface area contributed by atoms with Crippen LogP contribution in [-0.4, -0.2) is 21.6 Å². The Morgan fingerprint density at radius 3 is 1.95 bits per heavy atom. The number of nitrogens with two attached hydrogens (primary N) is 2. The summed E-state index contributed by atoms with van der Waals surface area (Å²) in [7, 11) is 0. The van der Waals surface area contributed by atoms with Gasteiger partial charge in [0.05, 0.1) is 6.61 Å². The van der Waals surface area contributed by atoms with Crippen molar-refractivity contribution < 1.29 is 9.47 Å². The van der Waals surface area contributed by atoms with E-state index in [9.17, 15) is 0 Å². The second kappa shape index (κ2) is 5.85. The number of hydrogen-bond donors (Lipinski definition) is 2. The molecule has 0 radical (unpaired) electrons. The Hall–Kier alpha value is -2.57. The van der Waals surface area contributed by atoms with Crippen molar-refractivity contribution in [2.45, 2.75) is 13.5 Å². The lowest BCUT2D eigenvalue weighted by Gasteiger charge is -2.07. The third-order valence-corrected chi connectivity index (χ3v) is 2.22. The number of nitrogens with zero attached hydrogens (tertiary/aromatic N) is 3. The van der Waals surface area contributed by atoms with Crippen LogP contribution in [0.1, 0.15) is 12.7 Å². The topological polar surface area (TPSA) is 109 Å². The van der Waals surface area contributed by atoms with Crippen LogP contribution in [0, 0.1) is 0 Å². The molecule has 2 rings (SSSR count). The molecule has 0 amide bonds. The van der Waals surface area contributed by atoms with E-state index in [1.54, 1.807) is 12.1 Å². The van der Waals surface area contributed by atoms with E-state index >= 15 is 0 Å². The predicted molar refractivity (Wildman–Crippen MR) is 70.6 cm³/mol. The highest BCUT2D eigenvalue weighted by atomic mass is 16.5. The van der Waals surface area contributed by atoms with Crippen molar-refractivity contribution >= 4 is 11.9 Å². The average molecular weight is 261 g/mol. The van der Waals surface area contributed by atoms with E-state index in [0.717, 1.165) is 5.75 Å². The summed E-state index contributed by atoms with van der Waals surface area (Å²) in [6.07, 6.45) is 0. The molecule has 0 atom stereocenters. The van der Waals surface area contributed by atoms with Crippen molar-refractivity contribution in [1.82, 2.24) is 15.0 Å². The minimum atomic E-state index is 0.0813. The first kappa shape index (κ1) is 12.9. The van der Waals surface area contributed by atoms with Crippen LogP contribution < -0.4 is 20.9 Å². The minimum absolute atomic E-state index is 0.0813. The Morgan fingerprint density at radius 2 is 1.42 bits per heavy atom. The molecule has 0 fully saturated rings. The number of rotatable bonds is 5. The van der Waals surface area contributed by atoms with Gasteiger partial charge in [0.15, 0.2) is 5.82 Å². The molecule has 0 aliphatic carbocycles. The predicted octanol–water partition coefficient (Wildman–Crippen LogP) is 1.01. The second-order valence-corrected chi connectivity index (χ2v) is 3.66. The highest BCUT2D eigenvalue weighted by molar-refractivity contribution is 5.31. The Bertz CT molecular complexity index is 524. The number of nitrogen functional groups attached to an aromatic ring is 2. The fraction of sp³-hybridized carbons (Fsp3) is 0.250. The standard InChI is InChI=1S/C12H15N5O2/c1-2-18-8-3-5-9(6-4-8)19-7-10-15-11(13)17-12(14)16-10/h3-6H,2,7H2,1H3,(H4,13,14,15,16,17). The van der Waals surface area contributed by atoms with Crippen LogP contribution in [0.2, 0.25) is 0 Å². The Labute approximate surface area is 110 Å². The van der Waals surface area contributed by atoms with Crippen LogP contribution in [0.25, 0.3) is 0 Å². The van der Waals surface area contributed by atoms with Crippen molar-refractivity contribution in [2.24, 2.45) is 0 Å². The van der Waals surface area contributed by atoms with E-state index in [0.29, 0.717) is 18.2 Å². The fourth-order valence-corrected chi connectivity index (χ4v) is 1.47. The zero-order chi connectivity index (χ0) is 13.7. The molecular formula is C12H15N5O2. The summed E-state index contributed by atoms with van der Waals surface area (Å²) in [5.41, 5.74) is 10.9. The van der Waals surface area contributed by atoms with E-state index < -0.39 is 0 Å². The van der Waals surface area contributed by atoms with Gasteiger partial charge in [0, 0.05) is 0 Å². The molecule has 1 heterocycles. The normalized spacial score (nSPS) is 10.2. The smallest absolute Gasteiger partial charge is 0.225 e. The average Bonchev–Trinajstić information content (AvgIpc) is 2.37. The van der Waals surface area contributed by atoms with E-state index in [2.05, 4.69) is 15.0 Å². The number of benzene rings is 1. The molecule has 4 N–H and O–H groups in total. The lowest BCUT2D eigenvalue weighted by molar-refractivity contribution is 0.294. The maximum Gasteiger partial charge on any atom is 0.225 e. The molecule has 0 saturated heterocycles. The lowest BCUT2D eigenvalue weighted by atomic mass is 10.3. The maximum absolute atomic E-state index is 5.52. The number of aromatic nitrogens is 3. The molecule has 0 aliphatic rings. The third-order valence-electron chi connectivity index (χ3n) is 2.22. The van der Waals surface area contributed by atoms with Gasteiger partial charge in [-0.3, -0.25) is 0 Å². The van der Waals surface area contributed by atoms with E-state index in [-0.39, 0.29) is 18.5 Å². The minimum Gasteiger partial charge on any atom is -0.494 e. The SMILES string of the molecule is CCOc1ccc(OCc2nc(N)nc(N)n2)cc1. The number of hydrogen-bond acceptors (Lipinski definition) is 7. The van der Waals surface area contributed by atoms with Crippen LogP contribution in [-0.2, 0) is 6.61 Å². The summed E-state index contributed by atoms with van der Waals surface area (Å²) in [4.78, 5) is 11.5. The van der Waals surface area contributed by atoms with E-state index in [4.69, 9.17) is 20.9 Å². The summed E-state index contributed by atoms with van der Waals surface area (Å²) >= 11 is 0. The molecule has 7 heteroatoms. The lowest BCUT2D eigenvalue weighted by Crippen LogP contribution is -2.09. The zero-order valence-electron chi connectivity index (χ0n) is 10.5. The van der Waals surface area contributed by atoms with Crippen molar-refractivity contribution in [3.63, 3.8) is 0 Å². The van der Waals surface area contributed by atoms with Crippen LogP contribution in [0.15, 0.2) is 24.3 Å². The molecule has 0 aliphatic heterocycles. The van der Waals surface area contributed by atoms with Crippen molar-refractivity contribution in [2.75, 3.05) is 18.1 Å². The molecule has 0 bridgehead atoms. The van der Waals surface area contributed by atoms with Gasteiger partial charge in [-0.25, -0.2) is 0 Å². The molecule has 2 aromatic rings. The quantitative estimate of drug-likeness (QED) is 0.826. The first-order chi connectivity index (χ1) is 9.17. The van der Waals surface area contributed by atoms with Gasteiger partial charge in [-0.15, -0.1) is 0 Å². The van der Waals surface area contributed by atoms with Gasteiger partial charge in [0.1, 0.15) is 18.1 Å². The maximum atomic E-state index is 5.52. The molecule has 0 saturated carbocycles. The molecule has 1 aromatic heterocycles. The largest absolute Gasteiger partial charge is 0.494 e. The summed E-state index contributed by atoms with van der Waals surface area (Å²) in [5.74, 6) is 2.03. The van der Waals surface area contributed by atoms with Crippen LogP contribution in [0.4, 0.5) is 11.9 Å². The van der Waals surface area contributed by atoms with Gasteiger partial charge in [-0.2, -0.15) is 15.0 Å². The molecule has 7 nitrogen and oxygen atoms in total. The summed E-state index contributed by atoms with van der Waals surface area (Å²) in [6.45, 7) is 2.73. The number of ether oxygens (including phenoxy) is 2. The first-order valence-electron chi connectivity index (χ1n) is 5.79. The first-order valence-corrected chi connectivity index (χ1v) is 5.79. The molecule has 0 spiro atoms. The monoisotopic (exact) mass is 261 g/mol.